The van der Waals surface area contributed by atoms with Gasteiger partial charge >= 0.3 is 0 Å². The van der Waals surface area contributed by atoms with Gasteiger partial charge in [-0.05, 0) is 42.8 Å². The molecular formula is C14H14FN3O. The van der Waals surface area contributed by atoms with Gasteiger partial charge in [-0.2, -0.15) is 0 Å². The van der Waals surface area contributed by atoms with Crippen LogP contribution in [0.1, 0.15) is 28.9 Å². The van der Waals surface area contributed by atoms with E-state index in [-0.39, 0.29) is 11.6 Å². The maximum absolute atomic E-state index is 13.5. The number of aromatic nitrogens is 1. The minimum absolute atomic E-state index is 0.0547. The number of hydrogen-bond donors (Lipinski definition) is 2. The molecule has 1 heterocycles. The molecular weight excluding hydrogens is 245 g/mol. The Bertz CT molecular complexity index is 586. The molecule has 1 unspecified atom stereocenters. The van der Waals surface area contributed by atoms with Gasteiger partial charge in [-0.3, -0.25) is 9.78 Å². The van der Waals surface area contributed by atoms with Crippen molar-refractivity contribution in [2.45, 2.75) is 13.0 Å². The predicted molar refractivity (Wildman–Crippen MR) is 70.9 cm³/mol. The molecule has 2 rings (SSSR count). The molecule has 98 valence electrons. The van der Waals surface area contributed by atoms with Gasteiger partial charge in [-0.15, -0.1) is 0 Å². The molecule has 0 aliphatic heterocycles. The summed E-state index contributed by atoms with van der Waals surface area (Å²) in [5.41, 5.74) is 6.74. The maximum Gasteiger partial charge on any atom is 0.254 e. The van der Waals surface area contributed by atoms with Crippen LogP contribution in [0.15, 0.2) is 42.7 Å². The molecule has 2 aromatic rings. The van der Waals surface area contributed by atoms with Crippen molar-refractivity contribution in [1.82, 2.24) is 10.3 Å². The number of halogens is 1. The number of anilines is 1. The largest absolute Gasteiger partial charge is 0.399 e. The van der Waals surface area contributed by atoms with E-state index in [1.54, 1.807) is 24.5 Å². The van der Waals surface area contributed by atoms with Crippen LogP contribution in [0.5, 0.6) is 0 Å². The summed E-state index contributed by atoms with van der Waals surface area (Å²) >= 11 is 0. The van der Waals surface area contributed by atoms with Crippen LogP contribution in [0, 0.1) is 5.82 Å². The van der Waals surface area contributed by atoms with Crippen LogP contribution in [0.25, 0.3) is 0 Å². The Morgan fingerprint density at radius 3 is 2.68 bits per heavy atom. The monoisotopic (exact) mass is 259 g/mol. The zero-order valence-electron chi connectivity index (χ0n) is 10.4. The number of hydrogen-bond acceptors (Lipinski definition) is 3. The number of carbonyl (C=O) groups excluding carboxylic acids is 1. The van der Waals surface area contributed by atoms with Gasteiger partial charge in [0.15, 0.2) is 0 Å². The number of nitrogens with two attached hydrogens (primary N) is 1. The minimum Gasteiger partial charge on any atom is -0.399 e. The number of carbonyl (C=O) groups is 1. The van der Waals surface area contributed by atoms with Crippen molar-refractivity contribution in [3.05, 3.63) is 59.7 Å². The summed E-state index contributed by atoms with van der Waals surface area (Å²) in [6.45, 7) is 1.82. The molecule has 0 aliphatic carbocycles. The fourth-order valence-corrected chi connectivity index (χ4v) is 1.73. The standard InChI is InChI=1S/C14H14FN3O/c1-9(10-4-6-17-7-5-10)18-14(19)12-8-11(16)2-3-13(12)15/h2-9H,16H2,1H3,(H,18,19). The second-order valence-corrected chi connectivity index (χ2v) is 4.21. The summed E-state index contributed by atoms with van der Waals surface area (Å²) in [6, 6.07) is 7.27. The highest BCUT2D eigenvalue weighted by Gasteiger charge is 2.15. The Labute approximate surface area is 110 Å². The summed E-state index contributed by atoms with van der Waals surface area (Å²) in [5.74, 6) is -1.08. The number of amides is 1. The van der Waals surface area contributed by atoms with E-state index in [0.717, 1.165) is 5.56 Å². The van der Waals surface area contributed by atoms with Crippen molar-refractivity contribution >= 4 is 11.6 Å². The van der Waals surface area contributed by atoms with Crippen molar-refractivity contribution in [1.29, 1.82) is 0 Å². The first-order chi connectivity index (χ1) is 9.08. The van der Waals surface area contributed by atoms with Gasteiger partial charge in [-0.1, -0.05) is 0 Å². The van der Waals surface area contributed by atoms with Crippen LogP contribution in [0.4, 0.5) is 10.1 Å². The topological polar surface area (TPSA) is 68.0 Å². The van der Waals surface area contributed by atoms with Crippen molar-refractivity contribution in [3.63, 3.8) is 0 Å². The fraction of sp³-hybridized carbons (Fsp3) is 0.143. The molecule has 0 radical (unpaired) electrons. The van der Waals surface area contributed by atoms with Gasteiger partial charge in [0.25, 0.3) is 5.91 Å². The van der Waals surface area contributed by atoms with Gasteiger partial charge in [0.1, 0.15) is 5.82 Å². The Morgan fingerprint density at radius 2 is 2.00 bits per heavy atom. The van der Waals surface area contributed by atoms with E-state index in [4.69, 9.17) is 5.73 Å². The normalized spacial score (nSPS) is 11.9. The van der Waals surface area contributed by atoms with E-state index < -0.39 is 11.7 Å². The van der Waals surface area contributed by atoms with Gasteiger partial charge in [-0.25, -0.2) is 4.39 Å². The smallest absolute Gasteiger partial charge is 0.254 e. The molecule has 0 aliphatic rings. The average Bonchev–Trinajstić information content (AvgIpc) is 2.42. The number of pyridine rings is 1. The van der Waals surface area contributed by atoms with Crippen molar-refractivity contribution in [2.24, 2.45) is 0 Å². The SMILES string of the molecule is CC(NC(=O)c1cc(N)ccc1F)c1ccncc1. The third kappa shape index (κ3) is 3.07. The number of nitrogen functional groups attached to an aromatic ring is 1. The first kappa shape index (κ1) is 13.0. The van der Waals surface area contributed by atoms with Crippen LogP contribution in [-0.2, 0) is 0 Å². The molecule has 1 atom stereocenters. The Hall–Kier alpha value is -2.43. The number of nitrogens with zero attached hydrogens (tertiary/aromatic N) is 1. The molecule has 5 heteroatoms. The molecule has 0 saturated carbocycles. The molecule has 3 N–H and O–H groups in total. The summed E-state index contributed by atoms with van der Waals surface area (Å²) in [7, 11) is 0. The molecule has 0 saturated heterocycles. The second kappa shape index (κ2) is 5.48. The fourth-order valence-electron chi connectivity index (χ4n) is 1.73. The number of nitrogens with one attached hydrogen (secondary N) is 1. The molecule has 0 spiro atoms. The van der Waals surface area contributed by atoms with E-state index in [1.807, 2.05) is 6.92 Å². The average molecular weight is 259 g/mol. The van der Waals surface area contributed by atoms with Gasteiger partial charge in [0.05, 0.1) is 11.6 Å². The lowest BCUT2D eigenvalue weighted by molar-refractivity contribution is 0.0936. The molecule has 1 aromatic heterocycles. The molecule has 0 bridgehead atoms. The molecule has 1 aromatic carbocycles. The van der Waals surface area contributed by atoms with Crippen LogP contribution in [-0.4, -0.2) is 10.9 Å². The highest BCUT2D eigenvalue weighted by atomic mass is 19.1. The predicted octanol–water partition coefficient (Wildman–Crippen LogP) is 2.29. The quantitative estimate of drug-likeness (QED) is 0.831. The van der Waals surface area contributed by atoms with Gasteiger partial charge in [0, 0.05) is 18.1 Å². The van der Waals surface area contributed by atoms with E-state index in [9.17, 15) is 9.18 Å². The zero-order valence-corrected chi connectivity index (χ0v) is 10.4. The van der Waals surface area contributed by atoms with Crippen molar-refractivity contribution < 1.29 is 9.18 Å². The summed E-state index contributed by atoms with van der Waals surface area (Å²) in [4.78, 5) is 15.9. The Morgan fingerprint density at radius 1 is 1.32 bits per heavy atom. The van der Waals surface area contributed by atoms with Crippen molar-refractivity contribution in [3.8, 4) is 0 Å². The first-order valence-corrected chi connectivity index (χ1v) is 5.83. The molecule has 1 amide bonds. The van der Waals surface area contributed by atoms with E-state index >= 15 is 0 Å². The molecule has 19 heavy (non-hydrogen) atoms. The lowest BCUT2D eigenvalue weighted by atomic mass is 10.1. The lowest BCUT2D eigenvalue weighted by Gasteiger charge is -2.14. The minimum atomic E-state index is -0.589. The number of rotatable bonds is 3. The van der Waals surface area contributed by atoms with Crippen LogP contribution in [0.2, 0.25) is 0 Å². The Kier molecular flexibility index (Phi) is 3.75. The first-order valence-electron chi connectivity index (χ1n) is 5.83. The van der Waals surface area contributed by atoms with Crippen molar-refractivity contribution in [2.75, 3.05) is 5.73 Å². The van der Waals surface area contributed by atoms with Gasteiger partial charge in [0.2, 0.25) is 0 Å². The maximum atomic E-state index is 13.5. The van der Waals surface area contributed by atoms with E-state index in [0.29, 0.717) is 5.69 Å². The summed E-state index contributed by atoms with van der Waals surface area (Å²) < 4.78 is 13.5. The molecule has 0 fully saturated rings. The zero-order chi connectivity index (χ0) is 13.8. The highest BCUT2D eigenvalue weighted by Crippen LogP contribution is 2.15. The van der Waals surface area contributed by atoms with Gasteiger partial charge < -0.3 is 11.1 Å². The second-order valence-electron chi connectivity index (χ2n) is 4.21. The Balaban J connectivity index is 2.15. The summed E-state index contributed by atoms with van der Waals surface area (Å²) in [5, 5.41) is 2.72. The number of benzene rings is 1. The van der Waals surface area contributed by atoms with Crippen LogP contribution < -0.4 is 11.1 Å². The van der Waals surface area contributed by atoms with E-state index in [1.165, 1.54) is 18.2 Å². The van der Waals surface area contributed by atoms with E-state index in [2.05, 4.69) is 10.3 Å². The van der Waals surface area contributed by atoms with Crippen LogP contribution >= 0.6 is 0 Å². The van der Waals surface area contributed by atoms with Crippen LogP contribution in [0.3, 0.4) is 0 Å². The molecule has 4 nitrogen and oxygen atoms in total. The lowest BCUT2D eigenvalue weighted by Crippen LogP contribution is -2.27. The summed E-state index contributed by atoms with van der Waals surface area (Å²) in [6.07, 6.45) is 3.28. The third-order valence-electron chi connectivity index (χ3n) is 2.79. The third-order valence-corrected chi connectivity index (χ3v) is 2.79. The highest BCUT2D eigenvalue weighted by molar-refractivity contribution is 5.95.